The zero-order valence-electron chi connectivity index (χ0n) is 12.0. The van der Waals surface area contributed by atoms with Crippen LogP contribution < -0.4 is 5.32 Å². The van der Waals surface area contributed by atoms with Crippen LogP contribution in [0.2, 0.25) is 0 Å². The summed E-state index contributed by atoms with van der Waals surface area (Å²) in [5, 5.41) is 3.35. The molecule has 0 radical (unpaired) electrons. The van der Waals surface area contributed by atoms with Gasteiger partial charge in [0.15, 0.2) is 0 Å². The van der Waals surface area contributed by atoms with Crippen LogP contribution in [0.5, 0.6) is 0 Å². The first-order valence-electron chi connectivity index (χ1n) is 7.49. The van der Waals surface area contributed by atoms with Gasteiger partial charge in [0.05, 0.1) is 0 Å². The molecular weight excluding hydrogens is 208 g/mol. The first-order valence-corrected chi connectivity index (χ1v) is 7.49. The average molecular weight is 238 g/mol. The molecule has 2 rings (SSSR count). The van der Waals surface area contributed by atoms with Crippen LogP contribution in [0.15, 0.2) is 0 Å². The Labute approximate surface area is 107 Å². The lowest BCUT2D eigenvalue weighted by Gasteiger charge is -2.43. The smallest absolute Gasteiger partial charge is 0.00957 e. The van der Waals surface area contributed by atoms with Crippen molar-refractivity contribution in [1.29, 1.82) is 0 Å². The van der Waals surface area contributed by atoms with Gasteiger partial charge in [0.2, 0.25) is 0 Å². The fourth-order valence-corrected chi connectivity index (χ4v) is 3.63. The van der Waals surface area contributed by atoms with Crippen molar-refractivity contribution in [2.24, 2.45) is 11.3 Å². The molecule has 2 heteroatoms. The zero-order chi connectivity index (χ0) is 12.3. The van der Waals surface area contributed by atoms with Crippen LogP contribution in [0.3, 0.4) is 0 Å². The van der Waals surface area contributed by atoms with Gasteiger partial charge in [-0.1, -0.05) is 13.8 Å². The molecule has 1 N–H and O–H groups in total. The van der Waals surface area contributed by atoms with E-state index in [0.29, 0.717) is 5.41 Å². The highest BCUT2D eigenvalue weighted by molar-refractivity contribution is 4.86. The van der Waals surface area contributed by atoms with E-state index < -0.39 is 0 Å². The van der Waals surface area contributed by atoms with Crippen molar-refractivity contribution in [2.75, 3.05) is 26.7 Å². The minimum atomic E-state index is 0.608. The quantitative estimate of drug-likeness (QED) is 0.813. The molecule has 0 aromatic carbocycles. The van der Waals surface area contributed by atoms with E-state index in [4.69, 9.17) is 0 Å². The SMILES string of the molecule is CNCC1CCCN(C2CCC(C)(C)CC2)C1. The normalized spacial score (nSPS) is 31.6. The minimum Gasteiger partial charge on any atom is -0.319 e. The summed E-state index contributed by atoms with van der Waals surface area (Å²) in [6.07, 6.45) is 8.54. The molecule has 1 aliphatic carbocycles. The highest BCUT2D eigenvalue weighted by atomic mass is 15.2. The number of nitrogens with zero attached hydrogens (tertiary/aromatic N) is 1. The van der Waals surface area contributed by atoms with Crippen molar-refractivity contribution in [2.45, 2.75) is 58.4 Å². The van der Waals surface area contributed by atoms with Crippen molar-refractivity contribution in [3.63, 3.8) is 0 Å². The van der Waals surface area contributed by atoms with Gasteiger partial charge < -0.3 is 10.2 Å². The monoisotopic (exact) mass is 238 g/mol. The third kappa shape index (κ3) is 3.69. The Morgan fingerprint density at radius 3 is 2.53 bits per heavy atom. The van der Waals surface area contributed by atoms with Crippen LogP contribution >= 0.6 is 0 Å². The predicted molar refractivity (Wildman–Crippen MR) is 74.3 cm³/mol. The highest BCUT2D eigenvalue weighted by Crippen LogP contribution is 2.37. The molecule has 17 heavy (non-hydrogen) atoms. The van der Waals surface area contributed by atoms with Gasteiger partial charge in [-0.15, -0.1) is 0 Å². The molecule has 1 saturated heterocycles. The molecule has 1 atom stereocenters. The predicted octanol–water partition coefficient (Wildman–Crippen LogP) is 2.89. The van der Waals surface area contributed by atoms with E-state index in [2.05, 4.69) is 31.1 Å². The Balaban J connectivity index is 1.82. The summed E-state index contributed by atoms with van der Waals surface area (Å²) in [5.41, 5.74) is 0.608. The third-order valence-corrected chi connectivity index (χ3v) is 4.87. The van der Waals surface area contributed by atoms with Crippen molar-refractivity contribution in [3.05, 3.63) is 0 Å². The molecule has 100 valence electrons. The molecule has 0 aromatic heterocycles. The summed E-state index contributed by atoms with van der Waals surface area (Å²) in [6.45, 7) is 8.76. The Morgan fingerprint density at radius 2 is 1.88 bits per heavy atom. The fraction of sp³-hybridized carbons (Fsp3) is 1.00. The standard InChI is InChI=1S/C15H30N2/c1-15(2)8-6-14(7-9-15)17-10-4-5-13(12-17)11-16-3/h13-14,16H,4-12H2,1-3H3. The van der Waals surface area contributed by atoms with E-state index in [9.17, 15) is 0 Å². The lowest BCUT2D eigenvalue weighted by Crippen LogP contribution is -2.46. The summed E-state index contributed by atoms with van der Waals surface area (Å²) in [5.74, 6) is 0.892. The lowest BCUT2D eigenvalue weighted by molar-refractivity contribution is 0.0698. The third-order valence-electron chi connectivity index (χ3n) is 4.87. The van der Waals surface area contributed by atoms with Gasteiger partial charge in [-0.2, -0.15) is 0 Å². The first-order chi connectivity index (χ1) is 8.11. The van der Waals surface area contributed by atoms with E-state index >= 15 is 0 Å². The van der Waals surface area contributed by atoms with Crippen molar-refractivity contribution >= 4 is 0 Å². The summed E-state index contributed by atoms with van der Waals surface area (Å²) >= 11 is 0. The fourth-order valence-electron chi connectivity index (χ4n) is 3.63. The number of hydrogen-bond acceptors (Lipinski definition) is 2. The zero-order valence-corrected chi connectivity index (χ0v) is 12.0. The highest BCUT2D eigenvalue weighted by Gasteiger charge is 2.32. The second-order valence-electron chi connectivity index (χ2n) is 6.96. The Bertz CT molecular complexity index is 225. The number of piperidine rings is 1. The molecular formula is C15H30N2. The summed E-state index contributed by atoms with van der Waals surface area (Å²) in [7, 11) is 2.09. The molecule has 1 heterocycles. The maximum atomic E-state index is 3.35. The average Bonchev–Trinajstić information content (AvgIpc) is 2.30. The second-order valence-corrected chi connectivity index (χ2v) is 6.96. The maximum Gasteiger partial charge on any atom is 0.00957 e. The molecule has 2 fully saturated rings. The molecule has 2 aliphatic rings. The lowest BCUT2D eigenvalue weighted by atomic mass is 9.75. The van der Waals surface area contributed by atoms with E-state index in [1.807, 2.05) is 0 Å². The summed E-state index contributed by atoms with van der Waals surface area (Å²) < 4.78 is 0. The van der Waals surface area contributed by atoms with Crippen molar-refractivity contribution in [1.82, 2.24) is 10.2 Å². The van der Waals surface area contributed by atoms with Gasteiger partial charge in [-0.05, 0) is 70.0 Å². The van der Waals surface area contributed by atoms with Crippen LogP contribution in [-0.2, 0) is 0 Å². The van der Waals surface area contributed by atoms with Gasteiger partial charge in [-0.25, -0.2) is 0 Å². The van der Waals surface area contributed by atoms with Crippen LogP contribution in [0.1, 0.15) is 52.4 Å². The number of rotatable bonds is 3. The molecule has 1 saturated carbocycles. The summed E-state index contributed by atoms with van der Waals surface area (Å²) in [4.78, 5) is 2.79. The Kier molecular flexibility index (Phi) is 4.48. The van der Waals surface area contributed by atoms with E-state index in [0.717, 1.165) is 12.0 Å². The van der Waals surface area contributed by atoms with Crippen LogP contribution in [0.4, 0.5) is 0 Å². The topological polar surface area (TPSA) is 15.3 Å². The van der Waals surface area contributed by atoms with Crippen LogP contribution in [0.25, 0.3) is 0 Å². The molecule has 0 amide bonds. The number of nitrogens with one attached hydrogen (secondary N) is 1. The molecule has 1 aliphatic heterocycles. The van der Waals surface area contributed by atoms with Gasteiger partial charge in [0.25, 0.3) is 0 Å². The van der Waals surface area contributed by atoms with Gasteiger partial charge in [0.1, 0.15) is 0 Å². The van der Waals surface area contributed by atoms with Gasteiger partial charge >= 0.3 is 0 Å². The van der Waals surface area contributed by atoms with Gasteiger partial charge in [-0.3, -0.25) is 0 Å². The first kappa shape index (κ1) is 13.4. The molecule has 0 bridgehead atoms. The minimum absolute atomic E-state index is 0.608. The molecule has 2 nitrogen and oxygen atoms in total. The van der Waals surface area contributed by atoms with E-state index in [1.165, 1.54) is 58.2 Å². The number of likely N-dealkylation sites (tertiary alicyclic amines) is 1. The van der Waals surface area contributed by atoms with Crippen molar-refractivity contribution < 1.29 is 0 Å². The molecule has 1 unspecified atom stereocenters. The van der Waals surface area contributed by atoms with E-state index in [-0.39, 0.29) is 0 Å². The van der Waals surface area contributed by atoms with Crippen LogP contribution in [0, 0.1) is 11.3 Å². The second kappa shape index (κ2) is 5.71. The van der Waals surface area contributed by atoms with Crippen molar-refractivity contribution in [3.8, 4) is 0 Å². The largest absolute Gasteiger partial charge is 0.319 e. The maximum absolute atomic E-state index is 3.35. The van der Waals surface area contributed by atoms with Gasteiger partial charge in [0, 0.05) is 12.6 Å². The number of hydrogen-bond donors (Lipinski definition) is 1. The van der Waals surface area contributed by atoms with E-state index in [1.54, 1.807) is 0 Å². The Hall–Kier alpha value is -0.0800. The molecule has 0 spiro atoms. The molecule has 0 aromatic rings. The Morgan fingerprint density at radius 1 is 1.18 bits per heavy atom. The summed E-state index contributed by atoms with van der Waals surface area (Å²) in [6, 6.07) is 0.891. The van der Waals surface area contributed by atoms with Crippen LogP contribution in [-0.4, -0.2) is 37.6 Å².